The summed E-state index contributed by atoms with van der Waals surface area (Å²) in [5.74, 6) is 0.778. The number of ether oxygens (including phenoxy) is 1. The fourth-order valence-electron chi connectivity index (χ4n) is 2.66. The quantitative estimate of drug-likeness (QED) is 0.857. The first-order valence-corrected chi connectivity index (χ1v) is 7.07. The number of nitriles is 1. The average molecular weight is 296 g/mol. The number of para-hydroxylation sites is 1. The van der Waals surface area contributed by atoms with Gasteiger partial charge in [0, 0.05) is 12.1 Å². The Morgan fingerprint density at radius 1 is 1.41 bits per heavy atom. The molecular weight excluding hydrogens is 280 g/mol. The van der Waals surface area contributed by atoms with Gasteiger partial charge in [-0.3, -0.25) is 9.48 Å². The van der Waals surface area contributed by atoms with Crippen LogP contribution in [-0.2, 0) is 24.3 Å². The average Bonchev–Trinajstić information content (AvgIpc) is 2.97. The first kappa shape index (κ1) is 14.1. The van der Waals surface area contributed by atoms with Crippen LogP contribution in [0.2, 0.25) is 0 Å². The van der Waals surface area contributed by atoms with Gasteiger partial charge in [0.1, 0.15) is 11.8 Å². The van der Waals surface area contributed by atoms with Crippen LogP contribution in [0.1, 0.15) is 17.0 Å². The number of amides is 1. The van der Waals surface area contributed by atoms with E-state index < -0.39 is 0 Å². The lowest BCUT2D eigenvalue weighted by Gasteiger charge is -2.28. The van der Waals surface area contributed by atoms with Crippen molar-refractivity contribution in [2.75, 3.05) is 13.7 Å². The van der Waals surface area contributed by atoms with Gasteiger partial charge in [-0.05, 0) is 12.1 Å². The van der Waals surface area contributed by atoms with Crippen LogP contribution >= 0.6 is 0 Å². The molecule has 2 heterocycles. The molecule has 1 aromatic heterocycles. The standard InChI is InChI=1S/C16H16N4O2/c1-22-15-5-3-2-4-12(15)8-16(21)19-6-7-20-14(11-19)9-13(10-17)18-20/h2-5,9H,6-8,11H2,1H3. The van der Waals surface area contributed by atoms with Crippen LogP contribution < -0.4 is 4.74 Å². The third-order valence-corrected chi connectivity index (χ3v) is 3.80. The number of benzene rings is 1. The summed E-state index contributed by atoms with van der Waals surface area (Å²) in [5, 5.41) is 13.1. The molecule has 0 bridgehead atoms. The number of carbonyl (C=O) groups is 1. The lowest BCUT2D eigenvalue weighted by atomic mass is 10.1. The third kappa shape index (κ3) is 2.66. The van der Waals surface area contributed by atoms with Gasteiger partial charge in [0.25, 0.3) is 0 Å². The number of nitrogens with zero attached hydrogens (tertiary/aromatic N) is 4. The molecule has 2 aromatic rings. The van der Waals surface area contributed by atoms with E-state index in [9.17, 15) is 4.79 Å². The number of rotatable bonds is 3. The van der Waals surface area contributed by atoms with Crippen LogP contribution in [0.5, 0.6) is 5.75 Å². The molecule has 0 N–H and O–H groups in total. The highest BCUT2D eigenvalue weighted by Crippen LogP contribution is 2.20. The Hall–Kier alpha value is -2.81. The van der Waals surface area contributed by atoms with Crippen LogP contribution in [0.3, 0.4) is 0 Å². The van der Waals surface area contributed by atoms with Crippen LogP contribution in [0.4, 0.5) is 0 Å². The Kier molecular flexibility index (Phi) is 3.79. The molecule has 3 rings (SSSR count). The molecule has 1 aliphatic rings. The second-order valence-corrected chi connectivity index (χ2v) is 5.16. The molecule has 0 radical (unpaired) electrons. The molecular formula is C16H16N4O2. The number of fused-ring (bicyclic) bond motifs is 1. The monoisotopic (exact) mass is 296 g/mol. The molecule has 112 valence electrons. The third-order valence-electron chi connectivity index (χ3n) is 3.80. The lowest BCUT2D eigenvalue weighted by molar-refractivity contribution is -0.132. The van der Waals surface area contributed by atoms with E-state index in [0.29, 0.717) is 31.7 Å². The summed E-state index contributed by atoms with van der Waals surface area (Å²) in [5.41, 5.74) is 2.18. The highest BCUT2D eigenvalue weighted by atomic mass is 16.5. The highest BCUT2D eigenvalue weighted by Gasteiger charge is 2.23. The molecule has 0 saturated heterocycles. The molecule has 1 aliphatic heterocycles. The van der Waals surface area contributed by atoms with Crippen molar-refractivity contribution >= 4 is 5.91 Å². The van der Waals surface area contributed by atoms with Gasteiger partial charge in [-0.2, -0.15) is 10.4 Å². The van der Waals surface area contributed by atoms with Crippen molar-refractivity contribution in [1.29, 1.82) is 5.26 Å². The fraction of sp³-hybridized carbons (Fsp3) is 0.312. The zero-order valence-electron chi connectivity index (χ0n) is 12.3. The lowest BCUT2D eigenvalue weighted by Crippen LogP contribution is -2.39. The van der Waals surface area contributed by atoms with Gasteiger partial charge in [-0.15, -0.1) is 0 Å². The molecule has 6 heteroatoms. The maximum absolute atomic E-state index is 12.5. The molecule has 0 atom stereocenters. The fourth-order valence-corrected chi connectivity index (χ4v) is 2.66. The maximum atomic E-state index is 12.5. The summed E-state index contributed by atoms with van der Waals surface area (Å²) in [4.78, 5) is 14.3. The van der Waals surface area contributed by atoms with Crippen molar-refractivity contribution in [1.82, 2.24) is 14.7 Å². The van der Waals surface area contributed by atoms with Crippen molar-refractivity contribution in [3.05, 3.63) is 47.3 Å². The Morgan fingerprint density at radius 3 is 3.00 bits per heavy atom. The van der Waals surface area contributed by atoms with E-state index >= 15 is 0 Å². The summed E-state index contributed by atoms with van der Waals surface area (Å²) in [7, 11) is 1.60. The van der Waals surface area contributed by atoms with Gasteiger partial charge in [-0.1, -0.05) is 18.2 Å². The van der Waals surface area contributed by atoms with Gasteiger partial charge >= 0.3 is 0 Å². The summed E-state index contributed by atoms with van der Waals surface area (Å²) < 4.78 is 7.08. The van der Waals surface area contributed by atoms with E-state index in [1.807, 2.05) is 30.3 Å². The molecule has 1 aromatic carbocycles. The zero-order chi connectivity index (χ0) is 15.5. The molecule has 1 amide bonds. The summed E-state index contributed by atoms with van der Waals surface area (Å²) in [6.07, 6.45) is 0.309. The number of hydrogen-bond donors (Lipinski definition) is 0. The minimum atomic E-state index is 0.0513. The maximum Gasteiger partial charge on any atom is 0.227 e. The van der Waals surface area contributed by atoms with E-state index in [4.69, 9.17) is 10.00 Å². The van der Waals surface area contributed by atoms with E-state index in [1.54, 1.807) is 22.8 Å². The number of hydrogen-bond acceptors (Lipinski definition) is 4. The van der Waals surface area contributed by atoms with Crippen molar-refractivity contribution < 1.29 is 9.53 Å². The van der Waals surface area contributed by atoms with Crippen LogP contribution in [0.25, 0.3) is 0 Å². The van der Waals surface area contributed by atoms with E-state index in [0.717, 1.165) is 17.0 Å². The zero-order valence-corrected chi connectivity index (χ0v) is 12.3. The topological polar surface area (TPSA) is 71.2 Å². The van der Waals surface area contributed by atoms with Crippen LogP contribution in [0.15, 0.2) is 30.3 Å². The molecule has 0 aliphatic carbocycles. The first-order chi connectivity index (χ1) is 10.7. The summed E-state index contributed by atoms with van der Waals surface area (Å²) in [6, 6.07) is 11.3. The number of carbonyl (C=O) groups excluding carboxylic acids is 1. The van der Waals surface area contributed by atoms with Crippen molar-refractivity contribution in [3.8, 4) is 11.8 Å². The van der Waals surface area contributed by atoms with Gasteiger partial charge in [0.15, 0.2) is 5.69 Å². The van der Waals surface area contributed by atoms with E-state index in [2.05, 4.69) is 5.10 Å². The van der Waals surface area contributed by atoms with Crippen LogP contribution in [0, 0.1) is 11.3 Å². The Balaban J connectivity index is 1.73. The minimum absolute atomic E-state index is 0.0513. The van der Waals surface area contributed by atoms with Gasteiger partial charge < -0.3 is 9.64 Å². The molecule has 0 saturated carbocycles. The Morgan fingerprint density at radius 2 is 2.23 bits per heavy atom. The van der Waals surface area contributed by atoms with E-state index in [-0.39, 0.29) is 5.91 Å². The largest absolute Gasteiger partial charge is 0.496 e. The summed E-state index contributed by atoms with van der Waals surface area (Å²) in [6.45, 7) is 1.71. The minimum Gasteiger partial charge on any atom is -0.496 e. The van der Waals surface area contributed by atoms with Crippen molar-refractivity contribution in [3.63, 3.8) is 0 Å². The smallest absolute Gasteiger partial charge is 0.227 e. The van der Waals surface area contributed by atoms with Gasteiger partial charge in [0.2, 0.25) is 5.91 Å². The summed E-state index contributed by atoms with van der Waals surface area (Å²) >= 11 is 0. The number of aromatic nitrogens is 2. The molecule has 6 nitrogen and oxygen atoms in total. The van der Waals surface area contributed by atoms with E-state index in [1.165, 1.54) is 0 Å². The second kappa shape index (κ2) is 5.90. The van der Waals surface area contributed by atoms with Gasteiger partial charge in [0.05, 0.1) is 32.3 Å². The normalized spacial score (nSPS) is 13.4. The van der Waals surface area contributed by atoms with Crippen LogP contribution in [-0.4, -0.2) is 34.2 Å². The Labute approximate surface area is 128 Å². The highest BCUT2D eigenvalue weighted by molar-refractivity contribution is 5.79. The second-order valence-electron chi connectivity index (χ2n) is 5.16. The van der Waals surface area contributed by atoms with Crippen molar-refractivity contribution in [2.45, 2.75) is 19.5 Å². The predicted octanol–water partition coefficient (Wildman–Crippen LogP) is 1.35. The molecule has 22 heavy (non-hydrogen) atoms. The van der Waals surface area contributed by atoms with Gasteiger partial charge in [-0.25, -0.2) is 0 Å². The first-order valence-electron chi connectivity index (χ1n) is 7.07. The molecule has 0 spiro atoms. The Bertz CT molecular complexity index is 745. The predicted molar refractivity (Wildman–Crippen MR) is 79.1 cm³/mol. The number of methoxy groups -OCH3 is 1. The molecule has 0 unspecified atom stereocenters. The van der Waals surface area contributed by atoms with Crippen molar-refractivity contribution in [2.24, 2.45) is 0 Å². The molecule has 0 fully saturated rings. The SMILES string of the molecule is COc1ccccc1CC(=O)N1CCn2nc(C#N)cc2C1.